The van der Waals surface area contributed by atoms with Gasteiger partial charge in [0.15, 0.2) is 11.6 Å². The van der Waals surface area contributed by atoms with Crippen LogP contribution in [0.15, 0.2) is 109 Å². The highest BCUT2D eigenvalue weighted by atomic mass is 19.1. The summed E-state index contributed by atoms with van der Waals surface area (Å²) < 4.78 is 27.9. The fourth-order valence-electron chi connectivity index (χ4n) is 6.10. The molecule has 194 valence electrons. The van der Waals surface area contributed by atoms with Crippen LogP contribution in [-0.2, 0) is 15.0 Å². The molecule has 0 unspecified atom stereocenters. The zero-order valence-corrected chi connectivity index (χ0v) is 21.2. The minimum atomic E-state index is -1.43. The molecule has 0 radical (unpaired) electrons. The van der Waals surface area contributed by atoms with Crippen LogP contribution >= 0.6 is 0 Å². The normalized spacial score (nSPS) is 14.8. The van der Waals surface area contributed by atoms with Crippen LogP contribution in [0.5, 0.6) is 0 Å². The standard InChI is InChI=1S/C34H22F2N2O2/c35-22-13-9-20(10-14-22)32-30(25-5-1-3-7-27(25)37-32)34(19-24(39)17-18-29(34)40)31-26-6-2-4-8-28(26)38-33(31)21-11-15-23(36)16-12-21/h1-18,37-38H,19H2. The van der Waals surface area contributed by atoms with Crippen molar-refractivity contribution in [3.05, 3.63) is 132 Å². The van der Waals surface area contributed by atoms with E-state index in [0.717, 1.165) is 21.8 Å². The molecule has 4 aromatic carbocycles. The smallest absolute Gasteiger partial charge is 0.171 e. The Kier molecular flexibility index (Phi) is 5.39. The van der Waals surface area contributed by atoms with E-state index in [2.05, 4.69) is 9.97 Å². The summed E-state index contributed by atoms with van der Waals surface area (Å²) in [5.74, 6) is -1.19. The number of benzene rings is 4. The van der Waals surface area contributed by atoms with Gasteiger partial charge < -0.3 is 9.97 Å². The number of rotatable bonds is 4. The number of aromatic nitrogens is 2. The third kappa shape index (κ3) is 3.57. The second-order valence-corrected chi connectivity index (χ2v) is 10.1. The highest BCUT2D eigenvalue weighted by Crippen LogP contribution is 2.52. The first-order chi connectivity index (χ1) is 19.5. The summed E-state index contributed by atoms with van der Waals surface area (Å²) in [6.45, 7) is 0. The van der Waals surface area contributed by atoms with Crippen molar-refractivity contribution in [3.63, 3.8) is 0 Å². The first-order valence-electron chi connectivity index (χ1n) is 13.0. The monoisotopic (exact) mass is 528 g/mol. The first-order valence-corrected chi connectivity index (χ1v) is 13.0. The van der Waals surface area contributed by atoms with Crippen LogP contribution < -0.4 is 0 Å². The van der Waals surface area contributed by atoms with Crippen molar-refractivity contribution in [2.75, 3.05) is 0 Å². The number of halogens is 2. The molecule has 0 saturated heterocycles. The molecule has 0 bridgehead atoms. The van der Waals surface area contributed by atoms with Gasteiger partial charge in [0, 0.05) is 39.4 Å². The average molecular weight is 529 g/mol. The third-order valence-corrected chi connectivity index (χ3v) is 7.81. The van der Waals surface area contributed by atoms with E-state index in [1.165, 1.54) is 36.4 Å². The molecular formula is C34H22F2N2O2. The maximum atomic E-state index is 14.4. The highest BCUT2D eigenvalue weighted by Gasteiger charge is 2.50. The van der Waals surface area contributed by atoms with Crippen molar-refractivity contribution in [1.29, 1.82) is 0 Å². The second kappa shape index (κ2) is 8.99. The van der Waals surface area contributed by atoms with Gasteiger partial charge in [0.1, 0.15) is 11.6 Å². The number of hydrogen-bond donors (Lipinski definition) is 2. The van der Waals surface area contributed by atoms with E-state index < -0.39 is 5.41 Å². The van der Waals surface area contributed by atoms with Crippen LogP contribution in [0, 0.1) is 11.6 Å². The molecular weight excluding hydrogens is 506 g/mol. The van der Waals surface area contributed by atoms with E-state index in [1.54, 1.807) is 24.3 Å². The van der Waals surface area contributed by atoms with E-state index in [-0.39, 0.29) is 29.6 Å². The molecule has 0 aliphatic heterocycles. The maximum absolute atomic E-state index is 14.4. The number of nitrogens with one attached hydrogen (secondary N) is 2. The topological polar surface area (TPSA) is 65.7 Å². The van der Waals surface area contributed by atoms with E-state index >= 15 is 0 Å². The van der Waals surface area contributed by atoms with Gasteiger partial charge in [0.2, 0.25) is 0 Å². The molecule has 0 fully saturated rings. The number of hydrogen-bond acceptors (Lipinski definition) is 2. The number of fused-ring (bicyclic) bond motifs is 2. The van der Waals surface area contributed by atoms with Crippen molar-refractivity contribution in [2.45, 2.75) is 11.8 Å². The Balaban J connectivity index is 1.66. The number of ketones is 2. The lowest BCUT2D eigenvalue weighted by Gasteiger charge is -2.35. The summed E-state index contributed by atoms with van der Waals surface area (Å²) in [5.41, 5.74) is 4.06. The van der Waals surface area contributed by atoms with Crippen LogP contribution in [-0.4, -0.2) is 21.5 Å². The van der Waals surface area contributed by atoms with Crippen molar-refractivity contribution in [2.24, 2.45) is 0 Å². The molecule has 40 heavy (non-hydrogen) atoms. The molecule has 1 aliphatic rings. The van der Waals surface area contributed by atoms with Gasteiger partial charge in [0.05, 0.1) is 16.8 Å². The molecule has 0 atom stereocenters. The second-order valence-electron chi connectivity index (χ2n) is 10.1. The summed E-state index contributed by atoms with van der Waals surface area (Å²) in [6.07, 6.45) is 2.59. The lowest BCUT2D eigenvalue weighted by molar-refractivity contribution is -0.124. The molecule has 0 saturated carbocycles. The molecule has 4 nitrogen and oxygen atoms in total. The van der Waals surface area contributed by atoms with Crippen LogP contribution in [0.4, 0.5) is 8.78 Å². The Hall–Kier alpha value is -5.10. The van der Waals surface area contributed by atoms with E-state index in [4.69, 9.17) is 0 Å². The summed E-state index contributed by atoms with van der Waals surface area (Å²) in [6, 6.07) is 27.4. The Labute approximate surface area is 228 Å². The lowest BCUT2D eigenvalue weighted by Crippen LogP contribution is -2.41. The largest absolute Gasteiger partial charge is 0.354 e. The quantitative estimate of drug-likeness (QED) is 0.247. The lowest BCUT2D eigenvalue weighted by atomic mass is 9.63. The number of aromatic amines is 2. The number of carbonyl (C=O) groups is 2. The Morgan fingerprint density at radius 3 is 1.50 bits per heavy atom. The minimum absolute atomic E-state index is 0.103. The fourth-order valence-corrected chi connectivity index (χ4v) is 6.10. The van der Waals surface area contributed by atoms with Crippen LogP contribution in [0.1, 0.15) is 17.5 Å². The summed E-state index contributed by atoms with van der Waals surface area (Å²) in [7, 11) is 0. The minimum Gasteiger partial charge on any atom is -0.354 e. The molecule has 6 aromatic rings. The van der Waals surface area contributed by atoms with Gasteiger partial charge >= 0.3 is 0 Å². The summed E-state index contributed by atoms with van der Waals surface area (Å²) >= 11 is 0. The first kappa shape index (κ1) is 24.0. The number of para-hydroxylation sites is 2. The number of carbonyl (C=O) groups excluding carboxylic acids is 2. The van der Waals surface area contributed by atoms with Gasteiger partial charge in [0.25, 0.3) is 0 Å². The third-order valence-electron chi connectivity index (χ3n) is 7.81. The summed E-state index contributed by atoms with van der Waals surface area (Å²) in [5, 5.41) is 1.57. The fraction of sp³-hybridized carbons (Fsp3) is 0.0588. The zero-order valence-electron chi connectivity index (χ0n) is 21.2. The van der Waals surface area contributed by atoms with Gasteiger partial charge in [-0.1, -0.05) is 36.4 Å². The molecule has 2 N–H and O–H groups in total. The molecule has 6 heteroatoms. The number of allylic oxidation sites excluding steroid dienone is 2. The Bertz CT molecular complexity index is 1860. The van der Waals surface area contributed by atoms with Crippen molar-refractivity contribution in [1.82, 2.24) is 9.97 Å². The molecule has 7 rings (SSSR count). The van der Waals surface area contributed by atoms with Crippen LogP contribution in [0.3, 0.4) is 0 Å². The predicted octanol–water partition coefficient (Wildman–Crippen LogP) is 7.65. The van der Waals surface area contributed by atoms with Gasteiger partial charge in [-0.25, -0.2) is 8.78 Å². The zero-order chi connectivity index (χ0) is 27.4. The van der Waals surface area contributed by atoms with Crippen molar-refractivity contribution in [3.8, 4) is 22.5 Å². The van der Waals surface area contributed by atoms with Crippen LogP contribution in [0.25, 0.3) is 44.3 Å². The van der Waals surface area contributed by atoms with Crippen molar-refractivity contribution < 1.29 is 18.4 Å². The predicted molar refractivity (Wildman–Crippen MR) is 152 cm³/mol. The van der Waals surface area contributed by atoms with Gasteiger partial charge in [-0.05, 0) is 83.9 Å². The maximum Gasteiger partial charge on any atom is 0.171 e. The highest BCUT2D eigenvalue weighted by molar-refractivity contribution is 6.18. The average Bonchev–Trinajstić information content (AvgIpc) is 3.55. The molecule has 1 aliphatic carbocycles. The molecule has 2 heterocycles. The van der Waals surface area contributed by atoms with Crippen molar-refractivity contribution >= 4 is 33.4 Å². The van der Waals surface area contributed by atoms with E-state index in [1.807, 2.05) is 48.5 Å². The van der Waals surface area contributed by atoms with Gasteiger partial charge in [-0.3, -0.25) is 9.59 Å². The van der Waals surface area contributed by atoms with E-state index in [9.17, 15) is 18.4 Å². The van der Waals surface area contributed by atoms with E-state index in [0.29, 0.717) is 33.6 Å². The SMILES string of the molecule is O=C1C=CC(=O)C(c2c(-c3ccc(F)cc3)[nH]c3ccccc23)(c2c(-c3ccc(F)cc3)[nH]c3ccccc23)C1. The van der Waals surface area contributed by atoms with Gasteiger partial charge in [-0.2, -0.15) is 0 Å². The molecule has 2 aromatic heterocycles. The molecule has 0 amide bonds. The Morgan fingerprint density at radius 2 is 1.02 bits per heavy atom. The molecule has 0 spiro atoms. The van der Waals surface area contributed by atoms with Gasteiger partial charge in [-0.15, -0.1) is 0 Å². The number of H-pyrrole nitrogens is 2. The Morgan fingerprint density at radius 1 is 0.575 bits per heavy atom. The summed E-state index contributed by atoms with van der Waals surface area (Å²) in [4.78, 5) is 34.7. The van der Waals surface area contributed by atoms with Crippen LogP contribution in [0.2, 0.25) is 0 Å².